The van der Waals surface area contributed by atoms with Crippen LogP contribution < -0.4 is 5.73 Å². The number of piperidine rings is 1. The van der Waals surface area contributed by atoms with E-state index in [1.807, 2.05) is 4.90 Å². The van der Waals surface area contributed by atoms with Crippen molar-refractivity contribution >= 4 is 18.4 Å². The van der Waals surface area contributed by atoms with E-state index in [0.29, 0.717) is 19.1 Å². The lowest BCUT2D eigenvalue weighted by molar-refractivity contribution is -0.139. The summed E-state index contributed by atoms with van der Waals surface area (Å²) in [4.78, 5) is 38.5. The first-order chi connectivity index (χ1) is 12.6. The van der Waals surface area contributed by atoms with Crippen LogP contribution in [0.3, 0.4) is 0 Å². The number of rotatable bonds is 2. The molecule has 1 atom stereocenters. The van der Waals surface area contributed by atoms with Gasteiger partial charge in [0.15, 0.2) is 0 Å². The van der Waals surface area contributed by atoms with Crippen molar-refractivity contribution in [2.24, 2.45) is 11.7 Å². The molecule has 3 amide bonds. The lowest BCUT2D eigenvalue weighted by Crippen LogP contribution is -2.55. The standard InChI is InChI=1S/C16H28N4O3.CH2O2/c17-16(22)20-5-1-2-13(12-20)15(21)19-8-6-18(7-9-19)14-3-10-23-11-4-14;2-1-3/h13-14H,1-12H2,(H2,17,22);1H,(H,2,3). The van der Waals surface area contributed by atoms with Crippen LogP contribution in [0.1, 0.15) is 25.7 Å². The highest BCUT2D eigenvalue weighted by atomic mass is 16.5. The molecular formula is C17H30N4O5. The first kappa shape index (κ1) is 20.4. The number of piperazine rings is 1. The maximum Gasteiger partial charge on any atom is 0.314 e. The van der Waals surface area contributed by atoms with E-state index in [0.717, 1.165) is 65.1 Å². The second-order valence-corrected chi connectivity index (χ2v) is 6.93. The van der Waals surface area contributed by atoms with E-state index in [1.165, 1.54) is 0 Å². The first-order valence-electron chi connectivity index (χ1n) is 9.29. The van der Waals surface area contributed by atoms with Gasteiger partial charge in [0.05, 0.1) is 5.92 Å². The summed E-state index contributed by atoms with van der Waals surface area (Å²) in [5, 5.41) is 6.89. The number of nitrogens with zero attached hydrogens (tertiary/aromatic N) is 3. The summed E-state index contributed by atoms with van der Waals surface area (Å²) in [5.74, 6) is 0.119. The van der Waals surface area contributed by atoms with E-state index < -0.39 is 6.03 Å². The summed E-state index contributed by atoms with van der Waals surface area (Å²) in [6, 6.07) is 0.202. The molecule has 3 aliphatic heterocycles. The minimum atomic E-state index is -0.410. The van der Waals surface area contributed by atoms with Gasteiger partial charge in [-0.1, -0.05) is 0 Å². The fourth-order valence-corrected chi connectivity index (χ4v) is 3.99. The van der Waals surface area contributed by atoms with Gasteiger partial charge in [-0.2, -0.15) is 0 Å². The number of nitrogens with two attached hydrogens (primary N) is 1. The van der Waals surface area contributed by atoms with Crippen molar-refractivity contribution in [1.82, 2.24) is 14.7 Å². The summed E-state index contributed by atoms with van der Waals surface area (Å²) < 4.78 is 5.42. The maximum absolute atomic E-state index is 12.7. The molecule has 0 aromatic heterocycles. The van der Waals surface area contributed by atoms with Gasteiger partial charge in [-0.15, -0.1) is 0 Å². The molecule has 3 saturated heterocycles. The maximum atomic E-state index is 12.7. The SMILES string of the molecule is NC(=O)N1CCCC(C(=O)N2CCN(C3CCOCC3)CC2)C1.O=CO. The third-order valence-corrected chi connectivity index (χ3v) is 5.42. The number of carbonyl (C=O) groups is 3. The Hall–Kier alpha value is -1.87. The topological polar surface area (TPSA) is 116 Å². The average molecular weight is 370 g/mol. The van der Waals surface area contributed by atoms with Crippen molar-refractivity contribution in [1.29, 1.82) is 0 Å². The van der Waals surface area contributed by atoms with Gasteiger partial charge in [0.25, 0.3) is 6.47 Å². The Balaban J connectivity index is 0.000000758. The van der Waals surface area contributed by atoms with Crippen LogP contribution in [0, 0.1) is 5.92 Å². The van der Waals surface area contributed by atoms with Crippen molar-refractivity contribution in [3.8, 4) is 0 Å². The van der Waals surface area contributed by atoms with Gasteiger partial charge in [-0.05, 0) is 25.7 Å². The molecule has 3 heterocycles. The highest BCUT2D eigenvalue weighted by Crippen LogP contribution is 2.21. The van der Waals surface area contributed by atoms with Gasteiger partial charge in [0.1, 0.15) is 0 Å². The predicted octanol–water partition coefficient (Wildman–Crippen LogP) is -0.199. The number of hydrogen-bond acceptors (Lipinski definition) is 5. The molecule has 3 aliphatic rings. The quantitative estimate of drug-likeness (QED) is 0.650. The second-order valence-electron chi connectivity index (χ2n) is 6.93. The zero-order chi connectivity index (χ0) is 18.9. The molecule has 0 aromatic carbocycles. The molecule has 0 aliphatic carbocycles. The van der Waals surface area contributed by atoms with E-state index in [1.54, 1.807) is 4.90 Å². The average Bonchev–Trinajstić information content (AvgIpc) is 2.69. The zero-order valence-corrected chi connectivity index (χ0v) is 15.2. The minimum absolute atomic E-state index is 0.0779. The fourth-order valence-electron chi connectivity index (χ4n) is 3.99. The molecule has 9 nitrogen and oxygen atoms in total. The van der Waals surface area contributed by atoms with Gasteiger partial charge in [0.2, 0.25) is 5.91 Å². The van der Waals surface area contributed by atoms with Crippen molar-refractivity contribution in [2.45, 2.75) is 31.7 Å². The molecule has 3 rings (SSSR count). The molecule has 0 aromatic rings. The number of primary amides is 1. The van der Waals surface area contributed by atoms with E-state index in [2.05, 4.69) is 4.90 Å². The van der Waals surface area contributed by atoms with Crippen molar-refractivity contribution in [2.75, 3.05) is 52.5 Å². The first-order valence-corrected chi connectivity index (χ1v) is 9.29. The third-order valence-electron chi connectivity index (χ3n) is 5.42. The number of carboxylic acid groups (broad SMARTS) is 1. The van der Waals surface area contributed by atoms with Gasteiger partial charge in [0, 0.05) is 58.5 Å². The van der Waals surface area contributed by atoms with Crippen LogP contribution >= 0.6 is 0 Å². The van der Waals surface area contributed by atoms with Crippen molar-refractivity contribution in [3.63, 3.8) is 0 Å². The van der Waals surface area contributed by atoms with E-state index in [9.17, 15) is 9.59 Å². The predicted molar refractivity (Wildman–Crippen MR) is 94.6 cm³/mol. The number of carbonyl (C=O) groups excluding carboxylic acids is 2. The number of hydrogen-bond donors (Lipinski definition) is 2. The fraction of sp³-hybridized carbons (Fsp3) is 0.824. The number of ether oxygens (including phenoxy) is 1. The molecule has 26 heavy (non-hydrogen) atoms. The van der Waals surface area contributed by atoms with Crippen LogP contribution in [0.25, 0.3) is 0 Å². The molecule has 3 N–H and O–H groups in total. The largest absolute Gasteiger partial charge is 0.483 e. The molecule has 3 fully saturated rings. The van der Waals surface area contributed by atoms with Gasteiger partial charge < -0.3 is 25.4 Å². The minimum Gasteiger partial charge on any atom is -0.483 e. The summed E-state index contributed by atoms with van der Waals surface area (Å²) >= 11 is 0. The monoisotopic (exact) mass is 370 g/mol. The van der Waals surface area contributed by atoms with Gasteiger partial charge in [-0.25, -0.2) is 4.79 Å². The van der Waals surface area contributed by atoms with Gasteiger partial charge in [-0.3, -0.25) is 14.5 Å². The smallest absolute Gasteiger partial charge is 0.314 e. The summed E-state index contributed by atoms with van der Waals surface area (Å²) in [7, 11) is 0. The Kier molecular flexibility index (Phi) is 8.11. The Labute approximate surface area is 154 Å². The van der Waals surface area contributed by atoms with Crippen LogP contribution in [0.15, 0.2) is 0 Å². The van der Waals surface area contributed by atoms with Crippen LogP contribution in [0.5, 0.6) is 0 Å². The molecule has 148 valence electrons. The van der Waals surface area contributed by atoms with Crippen LogP contribution in [-0.4, -0.2) is 96.7 Å². The highest BCUT2D eigenvalue weighted by Gasteiger charge is 2.33. The molecular weight excluding hydrogens is 340 g/mol. The Morgan fingerprint density at radius 3 is 2.19 bits per heavy atom. The summed E-state index contributed by atoms with van der Waals surface area (Å²) in [5.41, 5.74) is 5.35. The lowest BCUT2D eigenvalue weighted by Gasteiger charge is -2.42. The molecule has 0 saturated carbocycles. The molecule has 0 radical (unpaired) electrons. The summed E-state index contributed by atoms with van der Waals surface area (Å²) in [6.07, 6.45) is 3.93. The van der Waals surface area contributed by atoms with Crippen LogP contribution in [0.2, 0.25) is 0 Å². The third kappa shape index (κ3) is 5.57. The molecule has 0 bridgehead atoms. The van der Waals surface area contributed by atoms with Crippen molar-refractivity contribution < 1.29 is 24.2 Å². The Morgan fingerprint density at radius 2 is 1.62 bits per heavy atom. The molecule has 1 unspecified atom stereocenters. The Morgan fingerprint density at radius 1 is 1.00 bits per heavy atom. The summed E-state index contributed by atoms with van der Waals surface area (Å²) in [6.45, 7) is 6.10. The molecule has 9 heteroatoms. The number of likely N-dealkylation sites (tertiary alicyclic amines) is 1. The van der Waals surface area contributed by atoms with Crippen LogP contribution in [-0.2, 0) is 14.3 Å². The van der Waals surface area contributed by atoms with E-state index in [4.69, 9.17) is 20.4 Å². The second kappa shape index (κ2) is 10.3. The van der Waals surface area contributed by atoms with Gasteiger partial charge >= 0.3 is 6.03 Å². The number of urea groups is 1. The highest BCUT2D eigenvalue weighted by molar-refractivity contribution is 5.80. The zero-order valence-electron chi connectivity index (χ0n) is 15.2. The normalized spacial score (nSPS) is 25.2. The Bertz CT molecular complexity index is 476. The number of amides is 3. The molecule has 0 spiro atoms. The van der Waals surface area contributed by atoms with Crippen LogP contribution in [0.4, 0.5) is 4.79 Å². The van der Waals surface area contributed by atoms with E-state index >= 15 is 0 Å². The van der Waals surface area contributed by atoms with Crippen molar-refractivity contribution in [3.05, 3.63) is 0 Å². The van der Waals surface area contributed by atoms with E-state index in [-0.39, 0.29) is 18.3 Å². The lowest BCUT2D eigenvalue weighted by atomic mass is 9.96.